The van der Waals surface area contributed by atoms with Crippen LogP contribution in [-0.4, -0.2) is 12.9 Å². The molecule has 0 bridgehead atoms. The Morgan fingerprint density at radius 1 is 1.38 bits per heavy atom. The summed E-state index contributed by atoms with van der Waals surface area (Å²) in [6, 6.07) is 7.41. The SMILES string of the molecule is C/C=N\Nc1ccc(N)cc1.C=N. The molecule has 4 nitrogen and oxygen atoms in total. The molecular weight excluding hydrogens is 164 g/mol. The van der Waals surface area contributed by atoms with Gasteiger partial charge in [-0.1, -0.05) is 0 Å². The second-order valence-corrected chi connectivity index (χ2v) is 2.12. The van der Waals surface area contributed by atoms with Gasteiger partial charge in [0.05, 0.1) is 5.69 Å². The smallest absolute Gasteiger partial charge is 0.0563 e. The average molecular weight is 178 g/mol. The van der Waals surface area contributed by atoms with Crippen molar-refractivity contribution >= 4 is 24.3 Å². The summed E-state index contributed by atoms with van der Waals surface area (Å²) in [4.78, 5) is 0. The van der Waals surface area contributed by atoms with E-state index in [1.165, 1.54) is 0 Å². The average Bonchev–Trinajstić information content (AvgIpc) is 2.20. The molecule has 1 rings (SSSR count). The zero-order chi connectivity index (χ0) is 10.1. The van der Waals surface area contributed by atoms with Crippen molar-refractivity contribution in [1.82, 2.24) is 0 Å². The van der Waals surface area contributed by atoms with Gasteiger partial charge in [-0.05, 0) is 37.9 Å². The van der Waals surface area contributed by atoms with Gasteiger partial charge in [0.15, 0.2) is 0 Å². The first-order valence-corrected chi connectivity index (χ1v) is 3.77. The molecule has 0 atom stereocenters. The van der Waals surface area contributed by atoms with E-state index in [9.17, 15) is 0 Å². The molecule has 0 saturated heterocycles. The zero-order valence-electron chi connectivity index (χ0n) is 7.62. The topological polar surface area (TPSA) is 74.3 Å². The van der Waals surface area contributed by atoms with Gasteiger partial charge in [0.2, 0.25) is 0 Å². The minimum Gasteiger partial charge on any atom is -0.399 e. The van der Waals surface area contributed by atoms with E-state index in [1.807, 2.05) is 31.2 Å². The van der Waals surface area contributed by atoms with Crippen molar-refractivity contribution in [2.75, 3.05) is 11.2 Å². The number of benzene rings is 1. The minimum atomic E-state index is 0.760. The van der Waals surface area contributed by atoms with Gasteiger partial charge in [-0.15, -0.1) is 0 Å². The number of nitrogens with two attached hydrogens (primary N) is 1. The molecule has 0 aliphatic heterocycles. The fourth-order valence-electron chi connectivity index (χ4n) is 0.697. The summed E-state index contributed by atoms with van der Waals surface area (Å²) in [7, 11) is 0. The molecule has 1 aromatic carbocycles. The van der Waals surface area contributed by atoms with Crippen LogP contribution < -0.4 is 11.2 Å². The molecule has 0 fully saturated rings. The fraction of sp³-hybridized carbons (Fsp3) is 0.111. The van der Waals surface area contributed by atoms with E-state index in [1.54, 1.807) is 6.21 Å². The summed E-state index contributed by atoms with van der Waals surface area (Å²) >= 11 is 0. The van der Waals surface area contributed by atoms with Crippen LogP contribution >= 0.6 is 0 Å². The van der Waals surface area contributed by atoms with Crippen LogP contribution in [0.2, 0.25) is 0 Å². The van der Waals surface area contributed by atoms with E-state index in [0.717, 1.165) is 11.4 Å². The normalized spacial score (nSPS) is 9.00. The Morgan fingerprint density at radius 2 is 1.92 bits per heavy atom. The van der Waals surface area contributed by atoms with Crippen LogP contribution in [0.5, 0.6) is 0 Å². The van der Waals surface area contributed by atoms with Crippen molar-refractivity contribution in [2.45, 2.75) is 6.92 Å². The summed E-state index contributed by atoms with van der Waals surface area (Å²) < 4.78 is 0. The maximum absolute atomic E-state index is 5.50. The molecule has 0 amide bonds. The lowest BCUT2D eigenvalue weighted by atomic mass is 10.3. The quantitative estimate of drug-likeness (QED) is 0.368. The molecule has 0 radical (unpaired) electrons. The third-order valence-electron chi connectivity index (χ3n) is 1.23. The predicted molar refractivity (Wildman–Crippen MR) is 58.5 cm³/mol. The Morgan fingerprint density at radius 3 is 2.38 bits per heavy atom. The summed E-state index contributed by atoms with van der Waals surface area (Å²) in [6.45, 7) is 4.35. The van der Waals surface area contributed by atoms with E-state index in [4.69, 9.17) is 11.1 Å². The first-order valence-electron chi connectivity index (χ1n) is 3.77. The molecule has 1 aromatic rings. The zero-order valence-corrected chi connectivity index (χ0v) is 7.62. The third kappa shape index (κ3) is 4.58. The number of nitrogens with zero attached hydrogens (tertiary/aromatic N) is 1. The lowest BCUT2D eigenvalue weighted by Crippen LogP contribution is -1.88. The highest BCUT2D eigenvalue weighted by molar-refractivity contribution is 5.57. The van der Waals surface area contributed by atoms with Crippen molar-refractivity contribution in [2.24, 2.45) is 5.10 Å². The molecule has 4 heteroatoms. The molecule has 0 saturated carbocycles. The number of hydrogen-bond acceptors (Lipinski definition) is 4. The molecule has 0 aromatic heterocycles. The monoisotopic (exact) mass is 178 g/mol. The van der Waals surface area contributed by atoms with Crippen molar-refractivity contribution in [1.29, 1.82) is 5.41 Å². The molecule has 4 N–H and O–H groups in total. The second kappa shape index (κ2) is 6.84. The lowest BCUT2D eigenvalue weighted by Gasteiger charge is -1.98. The van der Waals surface area contributed by atoms with Gasteiger partial charge in [-0.25, -0.2) is 0 Å². The number of hydrogen-bond donors (Lipinski definition) is 3. The molecule has 0 unspecified atom stereocenters. The number of hydrazone groups is 1. The largest absolute Gasteiger partial charge is 0.399 e. The van der Waals surface area contributed by atoms with Gasteiger partial charge in [-0.3, -0.25) is 5.43 Å². The first kappa shape index (κ1) is 11.2. The lowest BCUT2D eigenvalue weighted by molar-refractivity contribution is 1.35. The van der Waals surface area contributed by atoms with E-state index >= 15 is 0 Å². The highest BCUT2D eigenvalue weighted by atomic mass is 15.3. The molecule has 0 spiro atoms. The van der Waals surface area contributed by atoms with Gasteiger partial charge >= 0.3 is 0 Å². The number of anilines is 2. The maximum atomic E-state index is 5.50. The Balaban J connectivity index is 0.000000671. The van der Waals surface area contributed by atoms with Crippen LogP contribution in [0.4, 0.5) is 11.4 Å². The Kier molecular flexibility index (Phi) is 5.88. The third-order valence-corrected chi connectivity index (χ3v) is 1.23. The minimum absolute atomic E-state index is 0.760. The standard InChI is InChI=1S/C8H11N3.CH3N/c1-2-10-11-8-5-3-7(9)4-6-8;1-2/h2-6,11H,9H2,1H3;2H,1H2/b10-2-;. The maximum Gasteiger partial charge on any atom is 0.0563 e. The summed E-state index contributed by atoms with van der Waals surface area (Å²) in [6.07, 6.45) is 1.69. The Bertz CT molecular complexity index is 253. The first-order chi connectivity index (χ1) is 6.33. The second-order valence-electron chi connectivity index (χ2n) is 2.12. The van der Waals surface area contributed by atoms with E-state index in [-0.39, 0.29) is 0 Å². The summed E-state index contributed by atoms with van der Waals surface area (Å²) in [5.74, 6) is 0. The number of nitrogens with one attached hydrogen (secondary N) is 2. The van der Waals surface area contributed by atoms with Crippen LogP contribution in [0.15, 0.2) is 29.4 Å². The van der Waals surface area contributed by atoms with Crippen LogP contribution in [0.1, 0.15) is 6.92 Å². The van der Waals surface area contributed by atoms with Crippen molar-refractivity contribution in [3.8, 4) is 0 Å². The summed E-state index contributed by atoms with van der Waals surface area (Å²) in [5, 5.41) is 9.36. The van der Waals surface area contributed by atoms with Gasteiger partial charge in [0, 0.05) is 11.9 Å². The van der Waals surface area contributed by atoms with E-state index in [2.05, 4.69) is 17.2 Å². The van der Waals surface area contributed by atoms with Crippen molar-refractivity contribution in [3.05, 3.63) is 24.3 Å². The molecule has 70 valence electrons. The van der Waals surface area contributed by atoms with Crippen LogP contribution in [-0.2, 0) is 0 Å². The molecule has 0 aliphatic rings. The van der Waals surface area contributed by atoms with Crippen molar-refractivity contribution < 1.29 is 0 Å². The van der Waals surface area contributed by atoms with Gasteiger partial charge in [0.1, 0.15) is 0 Å². The molecular formula is C9H14N4. The summed E-state index contributed by atoms with van der Waals surface area (Å²) in [5.41, 5.74) is 10.0. The van der Waals surface area contributed by atoms with Gasteiger partial charge < -0.3 is 11.1 Å². The van der Waals surface area contributed by atoms with Gasteiger partial charge in [-0.2, -0.15) is 5.10 Å². The molecule has 0 aliphatic carbocycles. The predicted octanol–water partition coefficient (Wildman–Crippen LogP) is 1.95. The van der Waals surface area contributed by atoms with Gasteiger partial charge in [0.25, 0.3) is 0 Å². The van der Waals surface area contributed by atoms with Crippen LogP contribution in [0, 0.1) is 5.41 Å². The van der Waals surface area contributed by atoms with E-state index in [0.29, 0.717) is 0 Å². The van der Waals surface area contributed by atoms with Crippen molar-refractivity contribution in [3.63, 3.8) is 0 Å². The highest BCUT2D eigenvalue weighted by Gasteiger charge is 1.86. The Hall–Kier alpha value is -1.84. The van der Waals surface area contributed by atoms with E-state index < -0.39 is 0 Å². The molecule has 13 heavy (non-hydrogen) atoms. The number of nitrogen functional groups attached to an aromatic ring is 1. The number of rotatable bonds is 2. The van der Waals surface area contributed by atoms with Crippen LogP contribution in [0.25, 0.3) is 0 Å². The molecule has 0 heterocycles. The fourth-order valence-corrected chi connectivity index (χ4v) is 0.697. The van der Waals surface area contributed by atoms with Crippen LogP contribution in [0.3, 0.4) is 0 Å². The highest BCUT2D eigenvalue weighted by Crippen LogP contribution is 2.09. The Labute approximate surface area is 78.0 Å².